The minimum Gasteiger partial charge on any atom is -0.506 e. The molecule has 0 radical (unpaired) electrons. The molecule has 0 fully saturated rings. The summed E-state index contributed by atoms with van der Waals surface area (Å²) in [5.74, 6) is 0.305. The summed E-state index contributed by atoms with van der Waals surface area (Å²) >= 11 is 1.51. The third kappa shape index (κ3) is 1.07. The quantitative estimate of drug-likeness (QED) is 0.578. The molecule has 11 heavy (non-hydrogen) atoms. The fourth-order valence-corrected chi connectivity index (χ4v) is 1.72. The highest BCUT2D eigenvalue weighted by molar-refractivity contribution is 7.97. The Balaban J connectivity index is 2.56. The van der Waals surface area contributed by atoms with Gasteiger partial charge in [-0.05, 0) is 18.0 Å². The number of aliphatic hydroxyl groups excluding tert-OH is 1. The van der Waals surface area contributed by atoms with E-state index in [1.165, 1.54) is 11.9 Å². The second-order valence-electron chi connectivity index (χ2n) is 2.25. The first-order valence-electron chi connectivity index (χ1n) is 3.29. The van der Waals surface area contributed by atoms with Gasteiger partial charge in [-0.15, -0.1) is 0 Å². The number of aliphatic hydroxyl groups is 1. The van der Waals surface area contributed by atoms with Crippen molar-refractivity contribution in [2.24, 2.45) is 0 Å². The molecular weight excluding hydrogens is 158 g/mol. The Morgan fingerprint density at radius 1 is 1.27 bits per heavy atom. The first-order valence-corrected chi connectivity index (χ1v) is 4.10. The molecule has 2 rings (SSSR count). The molecule has 0 bridgehead atoms. The predicted octanol–water partition coefficient (Wildman–Crippen LogP) is 2.15. The van der Waals surface area contributed by atoms with Gasteiger partial charge in [0.2, 0.25) is 0 Å². The van der Waals surface area contributed by atoms with E-state index < -0.39 is 0 Å². The monoisotopic (exact) mass is 165 g/mol. The van der Waals surface area contributed by atoms with Crippen molar-refractivity contribution in [3.05, 3.63) is 36.0 Å². The lowest BCUT2D eigenvalue weighted by atomic mass is 10.2. The van der Waals surface area contributed by atoms with Crippen LogP contribution >= 0.6 is 11.9 Å². The molecule has 1 aliphatic heterocycles. The van der Waals surface area contributed by atoms with Gasteiger partial charge in [-0.2, -0.15) is 0 Å². The Morgan fingerprint density at radius 2 is 2.09 bits per heavy atom. The van der Waals surface area contributed by atoms with Gasteiger partial charge in [0.05, 0.1) is 6.20 Å². The minimum absolute atomic E-state index is 0.305. The third-order valence-corrected chi connectivity index (χ3v) is 2.34. The molecule has 2 N–H and O–H groups in total. The van der Waals surface area contributed by atoms with Crippen LogP contribution in [0.1, 0.15) is 5.56 Å². The largest absolute Gasteiger partial charge is 0.506 e. The molecule has 0 atom stereocenters. The van der Waals surface area contributed by atoms with Gasteiger partial charge >= 0.3 is 0 Å². The van der Waals surface area contributed by atoms with Crippen LogP contribution in [-0.2, 0) is 0 Å². The van der Waals surface area contributed by atoms with Crippen LogP contribution in [0.2, 0.25) is 0 Å². The normalized spacial score (nSPS) is 14.7. The standard InChI is InChI=1S/C8H7NOS/c10-7-5-9-11-8-4-2-1-3-6(7)8/h1-5,9-10H. The van der Waals surface area contributed by atoms with Gasteiger partial charge in [0.15, 0.2) is 0 Å². The molecular formula is C8H7NOS. The molecule has 2 nitrogen and oxygen atoms in total. The molecule has 1 heterocycles. The highest BCUT2D eigenvalue weighted by Gasteiger charge is 2.09. The van der Waals surface area contributed by atoms with Gasteiger partial charge in [-0.3, -0.25) is 0 Å². The van der Waals surface area contributed by atoms with E-state index in [9.17, 15) is 5.11 Å². The molecule has 1 aromatic carbocycles. The Labute approximate surface area is 69.1 Å². The molecule has 0 spiro atoms. The first-order chi connectivity index (χ1) is 5.38. The van der Waals surface area contributed by atoms with E-state index in [0.717, 1.165) is 10.5 Å². The maximum atomic E-state index is 9.35. The Bertz CT molecular complexity index is 309. The summed E-state index contributed by atoms with van der Waals surface area (Å²) in [4.78, 5) is 1.06. The van der Waals surface area contributed by atoms with E-state index in [2.05, 4.69) is 4.72 Å². The van der Waals surface area contributed by atoms with E-state index >= 15 is 0 Å². The predicted molar refractivity (Wildman–Crippen MR) is 46.0 cm³/mol. The van der Waals surface area contributed by atoms with E-state index in [4.69, 9.17) is 0 Å². The van der Waals surface area contributed by atoms with Crippen molar-refractivity contribution < 1.29 is 5.11 Å². The van der Waals surface area contributed by atoms with Gasteiger partial charge in [-0.25, -0.2) is 0 Å². The van der Waals surface area contributed by atoms with Crippen LogP contribution in [0, 0.1) is 0 Å². The van der Waals surface area contributed by atoms with Crippen LogP contribution < -0.4 is 4.72 Å². The van der Waals surface area contributed by atoms with Crippen molar-refractivity contribution in [1.82, 2.24) is 4.72 Å². The average Bonchev–Trinajstić information content (AvgIpc) is 2.06. The summed E-state index contributed by atoms with van der Waals surface area (Å²) in [6, 6.07) is 7.73. The van der Waals surface area contributed by atoms with Gasteiger partial charge in [0, 0.05) is 10.5 Å². The number of nitrogens with one attached hydrogen (secondary N) is 1. The van der Waals surface area contributed by atoms with Crippen molar-refractivity contribution in [2.75, 3.05) is 0 Å². The summed E-state index contributed by atoms with van der Waals surface area (Å²) in [7, 11) is 0. The van der Waals surface area contributed by atoms with E-state index in [1.807, 2.05) is 24.3 Å². The third-order valence-electron chi connectivity index (χ3n) is 1.53. The van der Waals surface area contributed by atoms with E-state index in [-0.39, 0.29) is 0 Å². The maximum absolute atomic E-state index is 9.35. The zero-order valence-corrected chi connectivity index (χ0v) is 6.56. The molecule has 0 aliphatic carbocycles. The summed E-state index contributed by atoms with van der Waals surface area (Å²) in [6.45, 7) is 0. The van der Waals surface area contributed by atoms with Gasteiger partial charge in [-0.1, -0.05) is 18.2 Å². The number of fused-ring (bicyclic) bond motifs is 1. The molecule has 0 amide bonds. The SMILES string of the molecule is OC1=CNSc2ccccc21. The van der Waals surface area contributed by atoms with Gasteiger partial charge in [0.1, 0.15) is 5.76 Å². The Hall–Kier alpha value is -1.09. The van der Waals surface area contributed by atoms with Crippen molar-refractivity contribution in [3.8, 4) is 0 Å². The zero-order valence-electron chi connectivity index (χ0n) is 5.74. The smallest absolute Gasteiger partial charge is 0.140 e. The van der Waals surface area contributed by atoms with Crippen LogP contribution in [0.3, 0.4) is 0 Å². The second-order valence-corrected chi connectivity index (χ2v) is 3.13. The molecule has 1 aromatic rings. The summed E-state index contributed by atoms with van der Waals surface area (Å²) in [5, 5.41) is 9.35. The number of hydrogen-bond acceptors (Lipinski definition) is 3. The molecule has 3 heteroatoms. The molecule has 56 valence electrons. The number of benzene rings is 1. The molecule has 0 saturated carbocycles. The Morgan fingerprint density at radius 3 is 2.91 bits per heavy atom. The second kappa shape index (κ2) is 2.51. The van der Waals surface area contributed by atoms with Gasteiger partial charge in [0.25, 0.3) is 0 Å². The lowest BCUT2D eigenvalue weighted by Gasteiger charge is -2.12. The van der Waals surface area contributed by atoms with E-state index in [0.29, 0.717) is 5.76 Å². The lowest BCUT2D eigenvalue weighted by molar-refractivity contribution is 0.507. The van der Waals surface area contributed by atoms with E-state index in [1.54, 1.807) is 6.20 Å². The molecule has 1 aliphatic rings. The summed E-state index contributed by atoms with van der Waals surface area (Å²) in [5.41, 5.74) is 0.899. The molecule has 0 saturated heterocycles. The van der Waals surface area contributed by atoms with Crippen molar-refractivity contribution in [3.63, 3.8) is 0 Å². The van der Waals surface area contributed by atoms with Crippen LogP contribution in [0.25, 0.3) is 5.76 Å². The highest BCUT2D eigenvalue weighted by atomic mass is 32.2. The Kier molecular flexibility index (Phi) is 1.51. The minimum atomic E-state index is 0.305. The fraction of sp³-hybridized carbons (Fsp3) is 0. The average molecular weight is 165 g/mol. The topological polar surface area (TPSA) is 32.3 Å². The maximum Gasteiger partial charge on any atom is 0.140 e. The van der Waals surface area contributed by atoms with Crippen molar-refractivity contribution in [2.45, 2.75) is 4.90 Å². The number of hydrogen-bond donors (Lipinski definition) is 2. The number of rotatable bonds is 0. The van der Waals surface area contributed by atoms with Crippen molar-refractivity contribution >= 4 is 17.7 Å². The highest BCUT2D eigenvalue weighted by Crippen LogP contribution is 2.28. The van der Waals surface area contributed by atoms with Crippen LogP contribution in [-0.4, -0.2) is 5.11 Å². The molecule has 0 aromatic heterocycles. The van der Waals surface area contributed by atoms with Gasteiger partial charge < -0.3 is 9.83 Å². The van der Waals surface area contributed by atoms with Crippen LogP contribution in [0.4, 0.5) is 0 Å². The van der Waals surface area contributed by atoms with Crippen molar-refractivity contribution in [1.29, 1.82) is 0 Å². The summed E-state index contributed by atoms with van der Waals surface area (Å²) in [6.07, 6.45) is 1.59. The zero-order chi connectivity index (χ0) is 7.68. The summed E-state index contributed by atoms with van der Waals surface area (Å²) < 4.78 is 2.90. The first kappa shape index (κ1) is 6.61. The molecule has 0 unspecified atom stereocenters. The lowest BCUT2D eigenvalue weighted by Crippen LogP contribution is -2.02. The van der Waals surface area contributed by atoms with Crippen LogP contribution in [0.15, 0.2) is 35.4 Å². The van der Waals surface area contributed by atoms with Crippen LogP contribution in [0.5, 0.6) is 0 Å². The fourth-order valence-electron chi connectivity index (χ4n) is 0.994.